The van der Waals surface area contributed by atoms with Crippen LogP contribution in [-0.4, -0.2) is 48.3 Å². The zero-order valence-electron chi connectivity index (χ0n) is 15.7. The molecule has 0 radical (unpaired) electrons. The topological polar surface area (TPSA) is 66.4 Å². The summed E-state index contributed by atoms with van der Waals surface area (Å²) in [6, 6.07) is 17.0. The first-order valence-electron chi connectivity index (χ1n) is 9.21. The Kier molecular flexibility index (Phi) is 5.43. The zero-order chi connectivity index (χ0) is 19.6. The van der Waals surface area contributed by atoms with Crippen molar-refractivity contribution in [2.75, 3.05) is 31.1 Å². The lowest BCUT2D eigenvalue weighted by atomic mass is 10.1. The standard InChI is InChI=1S/C20H22N4O2S2/c1-16-7-9-17(10-8-16)15-19-21-20(27-22-19)23-11-13-24(14-12-23)28(25,26)18-5-3-2-4-6-18/h2-10H,11-15H2,1H3. The lowest BCUT2D eigenvalue weighted by Crippen LogP contribution is -2.48. The fourth-order valence-electron chi connectivity index (χ4n) is 3.19. The summed E-state index contributed by atoms with van der Waals surface area (Å²) in [4.78, 5) is 7.13. The molecule has 1 saturated heterocycles. The first-order chi connectivity index (χ1) is 13.5. The number of aryl methyl sites for hydroxylation is 1. The molecule has 1 fully saturated rings. The Balaban J connectivity index is 1.39. The number of nitrogens with zero attached hydrogens (tertiary/aromatic N) is 4. The van der Waals surface area contributed by atoms with E-state index in [1.807, 2.05) is 6.07 Å². The van der Waals surface area contributed by atoms with Gasteiger partial charge in [0.25, 0.3) is 0 Å². The minimum atomic E-state index is -3.43. The Labute approximate surface area is 169 Å². The van der Waals surface area contributed by atoms with Crippen LogP contribution in [0.1, 0.15) is 17.0 Å². The van der Waals surface area contributed by atoms with E-state index in [1.54, 1.807) is 28.6 Å². The van der Waals surface area contributed by atoms with Crippen molar-refractivity contribution < 1.29 is 8.42 Å². The number of piperazine rings is 1. The maximum atomic E-state index is 12.7. The molecule has 0 amide bonds. The number of aromatic nitrogens is 2. The smallest absolute Gasteiger partial charge is 0.243 e. The first kappa shape index (κ1) is 19.0. The summed E-state index contributed by atoms with van der Waals surface area (Å²) in [5.41, 5.74) is 2.42. The molecular weight excluding hydrogens is 392 g/mol. The molecule has 0 unspecified atom stereocenters. The van der Waals surface area contributed by atoms with Gasteiger partial charge in [-0.05, 0) is 24.6 Å². The molecule has 6 nitrogen and oxygen atoms in total. The Bertz CT molecular complexity index is 1030. The molecule has 0 atom stereocenters. The highest BCUT2D eigenvalue weighted by atomic mass is 32.2. The van der Waals surface area contributed by atoms with E-state index in [0.717, 1.165) is 11.0 Å². The van der Waals surface area contributed by atoms with Gasteiger partial charge in [0.2, 0.25) is 15.2 Å². The number of rotatable bonds is 5. The fraction of sp³-hybridized carbons (Fsp3) is 0.300. The Morgan fingerprint density at radius 2 is 1.64 bits per heavy atom. The van der Waals surface area contributed by atoms with E-state index in [2.05, 4.69) is 45.4 Å². The van der Waals surface area contributed by atoms with Gasteiger partial charge in [0, 0.05) is 44.1 Å². The monoisotopic (exact) mass is 414 g/mol. The van der Waals surface area contributed by atoms with Crippen LogP contribution in [0.5, 0.6) is 0 Å². The van der Waals surface area contributed by atoms with Crippen molar-refractivity contribution in [1.29, 1.82) is 0 Å². The van der Waals surface area contributed by atoms with Crippen LogP contribution >= 0.6 is 11.5 Å². The molecule has 1 aliphatic rings. The minimum absolute atomic E-state index is 0.347. The highest BCUT2D eigenvalue weighted by Gasteiger charge is 2.29. The van der Waals surface area contributed by atoms with Crippen LogP contribution in [0, 0.1) is 6.92 Å². The van der Waals surface area contributed by atoms with Gasteiger partial charge in [0.05, 0.1) is 4.90 Å². The highest BCUT2D eigenvalue weighted by molar-refractivity contribution is 7.89. The summed E-state index contributed by atoms with van der Waals surface area (Å²) in [7, 11) is -3.43. The van der Waals surface area contributed by atoms with Crippen LogP contribution in [0.3, 0.4) is 0 Å². The van der Waals surface area contributed by atoms with E-state index in [-0.39, 0.29) is 0 Å². The molecule has 1 aromatic heterocycles. The predicted molar refractivity (Wildman–Crippen MR) is 111 cm³/mol. The highest BCUT2D eigenvalue weighted by Crippen LogP contribution is 2.23. The SMILES string of the molecule is Cc1ccc(Cc2nsc(N3CCN(S(=O)(=O)c4ccccc4)CC3)n2)cc1. The van der Waals surface area contributed by atoms with Crippen molar-refractivity contribution in [3.63, 3.8) is 0 Å². The second-order valence-electron chi connectivity index (χ2n) is 6.86. The van der Waals surface area contributed by atoms with Gasteiger partial charge in [-0.25, -0.2) is 13.4 Å². The molecule has 0 aliphatic carbocycles. The van der Waals surface area contributed by atoms with E-state index in [0.29, 0.717) is 37.5 Å². The molecule has 4 rings (SSSR count). The lowest BCUT2D eigenvalue weighted by Gasteiger charge is -2.33. The zero-order valence-corrected chi connectivity index (χ0v) is 17.3. The molecule has 0 bridgehead atoms. The number of anilines is 1. The van der Waals surface area contributed by atoms with Crippen LogP contribution < -0.4 is 4.90 Å². The third-order valence-electron chi connectivity index (χ3n) is 4.83. The van der Waals surface area contributed by atoms with Crippen LogP contribution in [0.15, 0.2) is 59.5 Å². The summed E-state index contributed by atoms with van der Waals surface area (Å²) < 4.78 is 31.5. The van der Waals surface area contributed by atoms with Gasteiger partial charge in [0.15, 0.2) is 0 Å². The number of hydrogen-bond acceptors (Lipinski definition) is 6. The Morgan fingerprint density at radius 1 is 0.964 bits per heavy atom. The molecule has 146 valence electrons. The third-order valence-corrected chi connectivity index (χ3v) is 7.56. The molecule has 0 saturated carbocycles. The summed E-state index contributed by atoms with van der Waals surface area (Å²) in [6.45, 7) is 4.20. The Hall–Kier alpha value is -2.29. The number of hydrogen-bond donors (Lipinski definition) is 0. The number of benzene rings is 2. The molecule has 2 heterocycles. The van der Waals surface area contributed by atoms with Crippen LogP contribution in [0.2, 0.25) is 0 Å². The fourth-order valence-corrected chi connectivity index (χ4v) is 5.37. The predicted octanol–water partition coefficient (Wildman–Crippen LogP) is 2.95. The molecule has 0 spiro atoms. The summed E-state index contributed by atoms with van der Waals surface area (Å²) >= 11 is 1.38. The van der Waals surface area contributed by atoms with Crippen molar-refractivity contribution >= 4 is 26.7 Å². The minimum Gasteiger partial charge on any atom is -0.344 e. The van der Waals surface area contributed by atoms with Crippen LogP contribution in [-0.2, 0) is 16.4 Å². The average molecular weight is 415 g/mol. The van der Waals surface area contributed by atoms with Gasteiger partial charge in [-0.15, -0.1) is 0 Å². The molecule has 1 aliphatic heterocycles. The molecule has 2 aromatic carbocycles. The molecule has 28 heavy (non-hydrogen) atoms. The number of sulfonamides is 1. The van der Waals surface area contributed by atoms with Crippen molar-refractivity contribution in [1.82, 2.24) is 13.7 Å². The van der Waals surface area contributed by atoms with E-state index >= 15 is 0 Å². The van der Waals surface area contributed by atoms with E-state index in [9.17, 15) is 8.42 Å². The molecular formula is C20H22N4O2S2. The molecule has 8 heteroatoms. The second kappa shape index (κ2) is 7.98. The maximum Gasteiger partial charge on any atom is 0.243 e. The maximum absolute atomic E-state index is 12.7. The summed E-state index contributed by atoms with van der Waals surface area (Å²) in [6.07, 6.45) is 0.707. The van der Waals surface area contributed by atoms with E-state index in [1.165, 1.54) is 22.7 Å². The van der Waals surface area contributed by atoms with Gasteiger partial charge >= 0.3 is 0 Å². The van der Waals surface area contributed by atoms with E-state index in [4.69, 9.17) is 0 Å². The summed E-state index contributed by atoms with van der Waals surface area (Å²) in [5, 5.41) is 0.860. The third kappa shape index (κ3) is 4.09. The largest absolute Gasteiger partial charge is 0.344 e. The summed E-state index contributed by atoms with van der Waals surface area (Å²) in [5.74, 6) is 0.809. The normalized spacial score (nSPS) is 15.7. The lowest BCUT2D eigenvalue weighted by molar-refractivity contribution is 0.384. The molecule has 0 N–H and O–H groups in total. The van der Waals surface area contributed by atoms with Crippen LogP contribution in [0.4, 0.5) is 5.13 Å². The average Bonchev–Trinajstić information content (AvgIpc) is 3.19. The van der Waals surface area contributed by atoms with Gasteiger partial charge in [0.1, 0.15) is 5.82 Å². The van der Waals surface area contributed by atoms with Gasteiger partial charge in [-0.1, -0.05) is 48.0 Å². The van der Waals surface area contributed by atoms with Crippen molar-refractivity contribution in [2.45, 2.75) is 18.2 Å². The second-order valence-corrected chi connectivity index (χ2v) is 9.53. The van der Waals surface area contributed by atoms with Crippen LogP contribution in [0.25, 0.3) is 0 Å². The molecule has 3 aromatic rings. The Morgan fingerprint density at radius 3 is 2.32 bits per heavy atom. The van der Waals surface area contributed by atoms with Crippen molar-refractivity contribution in [2.24, 2.45) is 0 Å². The van der Waals surface area contributed by atoms with Crippen molar-refractivity contribution in [3.05, 3.63) is 71.5 Å². The van der Waals surface area contributed by atoms with Gasteiger partial charge in [-0.3, -0.25) is 0 Å². The van der Waals surface area contributed by atoms with E-state index < -0.39 is 10.0 Å². The van der Waals surface area contributed by atoms with Gasteiger partial charge < -0.3 is 4.90 Å². The van der Waals surface area contributed by atoms with Crippen molar-refractivity contribution in [3.8, 4) is 0 Å². The first-order valence-corrected chi connectivity index (χ1v) is 11.4. The van der Waals surface area contributed by atoms with Gasteiger partial charge in [-0.2, -0.15) is 8.68 Å². The quantitative estimate of drug-likeness (QED) is 0.642.